The van der Waals surface area contributed by atoms with E-state index in [1.165, 1.54) is 0 Å². The molecule has 28 heavy (non-hydrogen) atoms. The number of halogens is 2. The van der Waals surface area contributed by atoms with Gasteiger partial charge in [0.15, 0.2) is 0 Å². The van der Waals surface area contributed by atoms with Gasteiger partial charge in [-0.25, -0.2) is 0 Å². The van der Waals surface area contributed by atoms with Crippen LogP contribution in [0, 0.1) is 0 Å². The number of hydrogen-bond donors (Lipinski definition) is 0. The van der Waals surface area contributed by atoms with E-state index in [2.05, 4.69) is 19.9 Å². The van der Waals surface area contributed by atoms with Crippen LogP contribution >= 0.6 is 19.4 Å². The van der Waals surface area contributed by atoms with Gasteiger partial charge in [0.1, 0.15) is 0 Å². The van der Waals surface area contributed by atoms with Gasteiger partial charge in [0, 0.05) is 24.8 Å². The summed E-state index contributed by atoms with van der Waals surface area (Å²) in [7, 11) is 9.71. The van der Waals surface area contributed by atoms with E-state index in [4.69, 9.17) is 19.4 Å². The average Bonchev–Trinajstić information content (AvgIpc) is 2.77. The zero-order valence-corrected chi connectivity index (χ0v) is 17.9. The van der Waals surface area contributed by atoms with Crippen molar-refractivity contribution >= 4 is 19.4 Å². The Balaban J connectivity index is 0.000000239. The average molecular weight is 502 g/mol. The van der Waals surface area contributed by atoms with Crippen LogP contribution in [0.2, 0.25) is 0 Å². The molecule has 4 aromatic rings. The molecule has 0 aromatic carbocycles. The molecule has 0 aliphatic carbocycles. The van der Waals surface area contributed by atoms with Gasteiger partial charge < -0.3 is 5.48 Å². The molecule has 0 amide bonds. The molecule has 0 aliphatic rings. The third-order valence-electron chi connectivity index (χ3n) is 3.18. The van der Waals surface area contributed by atoms with E-state index in [0.717, 1.165) is 22.8 Å². The Morgan fingerprint density at radius 3 is 0.821 bits per heavy atom. The van der Waals surface area contributed by atoms with E-state index in [1.54, 1.807) is 24.8 Å². The van der Waals surface area contributed by atoms with Crippen LogP contribution in [-0.2, 0) is 15.1 Å². The normalized spacial score (nSPS) is 9.07. The standard InChI is InChI=1S/2C10H8N2.2ClH.H2O.Ru/c2*1-3-7-11-9(5-1)10-6-2-4-8-12-10;;;;/h2*1-8H;2*1H;1H2;/q;;;;;+2/p-2. The maximum atomic E-state index is 4.85. The van der Waals surface area contributed by atoms with Crippen molar-refractivity contribution in [1.82, 2.24) is 19.9 Å². The summed E-state index contributed by atoms with van der Waals surface area (Å²) in [6, 6.07) is 23.2. The first-order chi connectivity index (χ1) is 13.3. The summed E-state index contributed by atoms with van der Waals surface area (Å²) < 4.78 is 0. The summed E-state index contributed by atoms with van der Waals surface area (Å²) in [6.07, 6.45) is 7.07. The molecule has 0 bridgehead atoms. The van der Waals surface area contributed by atoms with Gasteiger partial charge in [-0.3, -0.25) is 19.9 Å². The molecule has 5 nitrogen and oxygen atoms in total. The Kier molecular flexibility index (Phi) is 12.6. The number of hydrogen-bond acceptors (Lipinski definition) is 4. The second-order valence-corrected chi connectivity index (χ2v) is 7.55. The van der Waals surface area contributed by atoms with E-state index < -0.39 is 0 Å². The molecular weight excluding hydrogens is 484 g/mol. The van der Waals surface area contributed by atoms with Crippen LogP contribution in [-0.4, -0.2) is 25.4 Å². The summed E-state index contributed by atoms with van der Waals surface area (Å²) in [4.78, 5) is 16.7. The Morgan fingerprint density at radius 1 is 0.464 bits per heavy atom. The van der Waals surface area contributed by atoms with Crippen molar-refractivity contribution in [1.29, 1.82) is 0 Å². The van der Waals surface area contributed by atoms with E-state index in [1.807, 2.05) is 72.8 Å². The minimum Gasteiger partial charge on any atom is -0.255 e. The largest absolute Gasteiger partial charge is 0.255 e. The van der Waals surface area contributed by atoms with E-state index in [9.17, 15) is 0 Å². The molecule has 8 heteroatoms. The number of pyridine rings is 4. The second kappa shape index (κ2) is 14.8. The van der Waals surface area contributed by atoms with Crippen molar-refractivity contribution in [2.75, 3.05) is 0 Å². The van der Waals surface area contributed by atoms with Gasteiger partial charge in [-0.2, -0.15) is 0 Å². The van der Waals surface area contributed by atoms with E-state index in [-0.39, 0.29) is 20.6 Å². The number of nitrogens with zero attached hydrogens (tertiary/aromatic N) is 4. The minimum absolute atomic E-state index is 0. The van der Waals surface area contributed by atoms with Crippen LogP contribution in [0.4, 0.5) is 0 Å². The summed E-state index contributed by atoms with van der Waals surface area (Å²) in [5, 5.41) is 0. The van der Waals surface area contributed by atoms with Gasteiger partial charge >= 0.3 is 34.5 Å². The fourth-order valence-electron chi connectivity index (χ4n) is 2.06. The second-order valence-electron chi connectivity index (χ2n) is 4.91. The third-order valence-corrected chi connectivity index (χ3v) is 3.18. The summed E-state index contributed by atoms with van der Waals surface area (Å²) in [5.74, 6) is 0. The topological polar surface area (TPSA) is 83.1 Å². The Hall–Kier alpha value is -2.24. The fourth-order valence-corrected chi connectivity index (χ4v) is 2.06. The first-order valence-electron chi connectivity index (χ1n) is 7.85. The zero-order chi connectivity index (χ0) is 19.2. The van der Waals surface area contributed by atoms with Gasteiger partial charge in [-0.15, -0.1) is 0 Å². The van der Waals surface area contributed by atoms with Crippen LogP contribution in [0.3, 0.4) is 0 Å². The van der Waals surface area contributed by atoms with Gasteiger partial charge in [-0.05, 0) is 48.5 Å². The molecule has 0 fully saturated rings. The van der Waals surface area contributed by atoms with Crippen LogP contribution in [0.5, 0.6) is 0 Å². The van der Waals surface area contributed by atoms with Crippen molar-refractivity contribution in [2.45, 2.75) is 0 Å². The van der Waals surface area contributed by atoms with E-state index >= 15 is 0 Å². The summed E-state index contributed by atoms with van der Waals surface area (Å²) in [5.41, 5.74) is 3.66. The molecule has 0 spiro atoms. The van der Waals surface area contributed by atoms with Crippen molar-refractivity contribution in [3.05, 3.63) is 97.6 Å². The molecular formula is C20H18Cl2N4ORu. The van der Waals surface area contributed by atoms with Gasteiger partial charge in [-0.1, -0.05) is 24.3 Å². The van der Waals surface area contributed by atoms with Crippen LogP contribution in [0.1, 0.15) is 0 Å². The maximum Gasteiger partial charge on any atom is 0.0886 e. The van der Waals surface area contributed by atoms with Gasteiger partial charge in [0.2, 0.25) is 0 Å². The quantitative estimate of drug-likeness (QED) is 0.368. The molecule has 2 N–H and O–H groups in total. The molecule has 4 rings (SSSR count). The molecule has 0 aliphatic heterocycles. The first-order valence-corrected chi connectivity index (χ1v) is 12.3. The third kappa shape index (κ3) is 8.63. The maximum absolute atomic E-state index is 4.85. The Morgan fingerprint density at radius 2 is 0.679 bits per heavy atom. The monoisotopic (exact) mass is 502 g/mol. The fraction of sp³-hybridized carbons (Fsp3) is 0. The zero-order valence-electron chi connectivity index (χ0n) is 14.6. The Bertz CT molecular complexity index is 723. The molecule has 0 radical (unpaired) electrons. The molecule has 4 heterocycles. The summed E-state index contributed by atoms with van der Waals surface area (Å²) >= 11 is -0.346. The molecule has 146 valence electrons. The van der Waals surface area contributed by atoms with Gasteiger partial charge in [0.05, 0.1) is 22.8 Å². The molecule has 0 atom stereocenters. The SMILES string of the molecule is O.[Cl][Ru][Cl].c1ccc(-c2ccccn2)nc1.c1ccc(-c2ccccn2)nc1. The van der Waals surface area contributed by atoms with Crippen molar-refractivity contribution in [2.24, 2.45) is 0 Å². The minimum atomic E-state index is -0.346. The smallest absolute Gasteiger partial charge is 0.0886 e. The van der Waals surface area contributed by atoms with E-state index in [0.29, 0.717) is 0 Å². The Labute approximate surface area is 179 Å². The predicted molar refractivity (Wildman–Crippen MR) is 110 cm³/mol. The van der Waals surface area contributed by atoms with Crippen LogP contribution < -0.4 is 0 Å². The van der Waals surface area contributed by atoms with Crippen LogP contribution in [0.25, 0.3) is 22.8 Å². The van der Waals surface area contributed by atoms with Crippen molar-refractivity contribution in [3.8, 4) is 22.8 Å². The first kappa shape index (κ1) is 23.8. The molecule has 0 saturated heterocycles. The molecule has 0 saturated carbocycles. The van der Waals surface area contributed by atoms with Crippen molar-refractivity contribution < 1.29 is 20.6 Å². The molecule has 0 unspecified atom stereocenters. The van der Waals surface area contributed by atoms with Crippen molar-refractivity contribution in [3.63, 3.8) is 0 Å². The predicted octanol–water partition coefficient (Wildman–Crippen LogP) is 4.84. The number of rotatable bonds is 2. The van der Waals surface area contributed by atoms with Crippen LogP contribution in [0.15, 0.2) is 97.6 Å². The molecule has 4 aromatic heterocycles. The summed E-state index contributed by atoms with van der Waals surface area (Å²) in [6.45, 7) is 0. The number of aromatic nitrogens is 4. The van der Waals surface area contributed by atoms with Gasteiger partial charge in [0.25, 0.3) is 0 Å².